The van der Waals surface area contributed by atoms with Crippen LogP contribution >= 0.6 is 0 Å². The standard InChI is InChI=1S/C5H10O.K.H/c1-3-4-5(2)6;;/h3-6H,1-2H3;;. The van der Waals surface area contributed by atoms with Crippen LogP contribution in [0.2, 0.25) is 0 Å². The fourth-order valence-electron chi connectivity index (χ4n) is 0.279. The van der Waals surface area contributed by atoms with Crippen molar-refractivity contribution in [2.75, 3.05) is 0 Å². The first kappa shape index (κ1) is 11.2. The Kier molecular flexibility index (Phi) is 11.7. The molecule has 0 aromatic rings. The molecular formula is C5H11KO. The van der Waals surface area contributed by atoms with Crippen LogP contribution in [-0.2, 0) is 0 Å². The van der Waals surface area contributed by atoms with Crippen molar-refractivity contribution in [2.45, 2.75) is 20.0 Å². The molecule has 0 bridgehead atoms. The number of aliphatic hydroxyl groups is 1. The van der Waals surface area contributed by atoms with Gasteiger partial charge in [-0.25, -0.2) is 0 Å². The van der Waals surface area contributed by atoms with Gasteiger partial charge in [0.1, 0.15) is 0 Å². The third-order valence-corrected chi connectivity index (χ3v) is 0.471. The average Bonchev–Trinajstić information content (AvgIpc) is 1.35. The number of aliphatic hydroxyl groups excluding tert-OH is 1. The van der Waals surface area contributed by atoms with E-state index in [2.05, 4.69) is 0 Å². The Bertz CT molecular complexity index is 50.0. The molecule has 0 aliphatic heterocycles. The van der Waals surface area contributed by atoms with E-state index in [0.717, 1.165) is 0 Å². The molecule has 0 heterocycles. The van der Waals surface area contributed by atoms with Gasteiger partial charge in [-0.05, 0) is 13.8 Å². The Morgan fingerprint density at radius 1 is 1.57 bits per heavy atom. The fourth-order valence-corrected chi connectivity index (χ4v) is 0.279. The molecule has 0 spiro atoms. The van der Waals surface area contributed by atoms with E-state index in [1.54, 1.807) is 13.0 Å². The molecule has 0 saturated heterocycles. The molecule has 1 atom stereocenters. The summed E-state index contributed by atoms with van der Waals surface area (Å²) in [6, 6.07) is 0. The molecule has 0 rings (SSSR count). The summed E-state index contributed by atoms with van der Waals surface area (Å²) in [6.07, 6.45) is 3.26. The van der Waals surface area contributed by atoms with Crippen molar-refractivity contribution >= 4 is 51.4 Å². The van der Waals surface area contributed by atoms with Gasteiger partial charge in [-0.2, -0.15) is 0 Å². The Balaban J connectivity index is 0. The Morgan fingerprint density at radius 3 is 2.00 bits per heavy atom. The zero-order chi connectivity index (χ0) is 4.99. The summed E-state index contributed by atoms with van der Waals surface area (Å²) in [5.74, 6) is 0. The van der Waals surface area contributed by atoms with Gasteiger partial charge in [-0.15, -0.1) is 0 Å². The first-order valence-electron chi connectivity index (χ1n) is 2.08. The van der Waals surface area contributed by atoms with E-state index >= 15 is 0 Å². The Hall–Kier alpha value is 1.34. The van der Waals surface area contributed by atoms with E-state index in [4.69, 9.17) is 5.11 Å². The summed E-state index contributed by atoms with van der Waals surface area (Å²) in [4.78, 5) is 0. The number of allylic oxidation sites excluding steroid dienone is 1. The van der Waals surface area contributed by atoms with E-state index in [1.165, 1.54) is 0 Å². The van der Waals surface area contributed by atoms with Crippen LogP contribution in [0.5, 0.6) is 0 Å². The minimum absolute atomic E-state index is 0. The van der Waals surface area contributed by atoms with Crippen molar-refractivity contribution in [1.82, 2.24) is 0 Å². The molecule has 0 aromatic carbocycles. The summed E-state index contributed by atoms with van der Waals surface area (Å²) >= 11 is 0. The van der Waals surface area contributed by atoms with Crippen molar-refractivity contribution in [3.8, 4) is 0 Å². The molecule has 0 amide bonds. The second kappa shape index (κ2) is 7.34. The van der Waals surface area contributed by atoms with E-state index < -0.39 is 0 Å². The van der Waals surface area contributed by atoms with Crippen molar-refractivity contribution < 1.29 is 5.11 Å². The molecule has 1 N–H and O–H groups in total. The van der Waals surface area contributed by atoms with Crippen LogP contribution in [0.4, 0.5) is 0 Å². The third-order valence-electron chi connectivity index (χ3n) is 0.471. The first-order chi connectivity index (χ1) is 2.77. The van der Waals surface area contributed by atoms with E-state index in [-0.39, 0.29) is 57.5 Å². The number of hydrogen-bond donors (Lipinski definition) is 1. The average molecular weight is 126 g/mol. The zero-order valence-corrected chi connectivity index (χ0v) is 4.18. The van der Waals surface area contributed by atoms with Crippen LogP contribution in [0.25, 0.3) is 0 Å². The maximum absolute atomic E-state index is 8.47. The molecule has 0 aliphatic rings. The van der Waals surface area contributed by atoms with Crippen molar-refractivity contribution in [3.63, 3.8) is 0 Å². The molecule has 1 unspecified atom stereocenters. The Morgan fingerprint density at radius 2 is 2.00 bits per heavy atom. The van der Waals surface area contributed by atoms with Crippen molar-refractivity contribution in [1.29, 1.82) is 0 Å². The second-order valence-electron chi connectivity index (χ2n) is 1.27. The van der Waals surface area contributed by atoms with E-state index in [1.807, 2.05) is 13.0 Å². The van der Waals surface area contributed by atoms with Gasteiger partial charge in [0.25, 0.3) is 0 Å². The van der Waals surface area contributed by atoms with E-state index in [9.17, 15) is 0 Å². The predicted octanol–water partition coefficient (Wildman–Crippen LogP) is 0.295. The van der Waals surface area contributed by atoms with Crippen LogP contribution in [0.3, 0.4) is 0 Å². The van der Waals surface area contributed by atoms with Gasteiger partial charge in [0.05, 0.1) is 6.10 Å². The molecule has 0 radical (unpaired) electrons. The first-order valence-corrected chi connectivity index (χ1v) is 2.08. The van der Waals surface area contributed by atoms with Gasteiger partial charge in [0.2, 0.25) is 0 Å². The normalized spacial score (nSPS) is 13.6. The van der Waals surface area contributed by atoms with Gasteiger partial charge in [0, 0.05) is 0 Å². The predicted molar refractivity (Wildman–Crippen MR) is 33.6 cm³/mol. The van der Waals surface area contributed by atoms with Crippen LogP contribution in [0, 0.1) is 0 Å². The molecule has 38 valence electrons. The van der Waals surface area contributed by atoms with Crippen LogP contribution in [0.15, 0.2) is 12.2 Å². The Labute approximate surface area is 87.2 Å². The van der Waals surface area contributed by atoms with E-state index in [0.29, 0.717) is 0 Å². The maximum atomic E-state index is 8.47. The van der Waals surface area contributed by atoms with Gasteiger partial charge in [-0.3, -0.25) is 0 Å². The summed E-state index contributed by atoms with van der Waals surface area (Å²) in [6.45, 7) is 3.60. The topological polar surface area (TPSA) is 20.2 Å². The molecule has 0 aromatic heterocycles. The summed E-state index contributed by atoms with van der Waals surface area (Å²) in [5.41, 5.74) is 0. The SMILES string of the molecule is CC=CC(C)O.[KH]. The second-order valence-corrected chi connectivity index (χ2v) is 1.27. The van der Waals surface area contributed by atoms with Gasteiger partial charge >= 0.3 is 51.4 Å². The van der Waals surface area contributed by atoms with Crippen LogP contribution in [0.1, 0.15) is 13.8 Å². The van der Waals surface area contributed by atoms with Gasteiger partial charge in [0.15, 0.2) is 0 Å². The summed E-state index contributed by atoms with van der Waals surface area (Å²) in [5, 5.41) is 8.47. The van der Waals surface area contributed by atoms with Crippen molar-refractivity contribution in [3.05, 3.63) is 12.2 Å². The van der Waals surface area contributed by atoms with Crippen molar-refractivity contribution in [2.24, 2.45) is 0 Å². The quantitative estimate of drug-likeness (QED) is 0.395. The third kappa shape index (κ3) is 11.1. The van der Waals surface area contributed by atoms with Crippen LogP contribution < -0.4 is 0 Å². The summed E-state index contributed by atoms with van der Waals surface area (Å²) in [7, 11) is 0. The molecule has 2 heteroatoms. The number of rotatable bonds is 1. The fraction of sp³-hybridized carbons (Fsp3) is 0.600. The molecule has 7 heavy (non-hydrogen) atoms. The number of hydrogen-bond acceptors (Lipinski definition) is 1. The van der Waals surface area contributed by atoms with Crippen LogP contribution in [-0.4, -0.2) is 62.6 Å². The molecule has 1 nitrogen and oxygen atoms in total. The van der Waals surface area contributed by atoms with Gasteiger partial charge in [-0.1, -0.05) is 12.2 Å². The summed E-state index contributed by atoms with van der Waals surface area (Å²) < 4.78 is 0. The zero-order valence-electron chi connectivity index (χ0n) is 4.18. The molecule has 0 fully saturated rings. The molecule has 0 saturated carbocycles. The minimum atomic E-state index is -0.282. The molecular weight excluding hydrogens is 115 g/mol. The molecule has 0 aliphatic carbocycles. The van der Waals surface area contributed by atoms with Gasteiger partial charge < -0.3 is 5.11 Å². The monoisotopic (exact) mass is 126 g/mol.